The molecule has 2 aliphatic rings. The summed E-state index contributed by atoms with van der Waals surface area (Å²) >= 11 is 0. The fourth-order valence-electron chi connectivity index (χ4n) is 3.78. The van der Waals surface area contributed by atoms with Crippen molar-refractivity contribution in [2.45, 2.75) is 30.6 Å². The number of fused-ring (bicyclic) bond motifs is 2. The van der Waals surface area contributed by atoms with Crippen molar-refractivity contribution < 1.29 is 13.2 Å². The first-order valence-corrected chi connectivity index (χ1v) is 10.4. The number of pyridine rings is 1. The molecule has 1 amide bonds. The summed E-state index contributed by atoms with van der Waals surface area (Å²) in [6.07, 6.45) is 3.25. The summed E-state index contributed by atoms with van der Waals surface area (Å²) in [6, 6.07) is 6.49. The molecule has 8 heteroatoms. The molecule has 1 aromatic carbocycles. The molecule has 2 heterocycles. The number of carbonyl (C=O) groups excluding carboxylic acids is 1. The number of rotatable bonds is 3. The smallest absolute Gasteiger partial charge is 0.263 e. The zero-order valence-corrected chi connectivity index (χ0v) is 16.1. The van der Waals surface area contributed by atoms with Gasteiger partial charge in [-0.15, -0.1) is 0 Å². The van der Waals surface area contributed by atoms with E-state index in [1.807, 2.05) is 0 Å². The molecular weight excluding hydrogens is 366 g/mol. The highest BCUT2D eigenvalue weighted by Crippen LogP contribution is 2.32. The number of aryl methyl sites for hydroxylation is 2. The van der Waals surface area contributed by atoms with Crippen molar-refractivity contribution in [2.24, 2.45) is 0 Å². The molecule has 0 saturated carbocycles. The number of nitrogens with one attached hydrogen (secondary N) is 1. The maximum atomic E-state index is 13.0. The second-order valence-electron chi connectivity index (χ2n) is 7.15. The van der Waals surface area contributed by atoms with Crippen molar-refractivity contribution in [3.8, 4) is 0 Å². The van der Waals surface area contributed by atoms with Crippen molar-refractivity contribution in [3.05, 3.63) is 57.0 Å². The van der Waals surface area contributed by atoms with Gasteiger partial charge in [-0.25, -0.2) is 12.7 Å². The SMILES string of the molecule is CN(C)S(=O)(=O)c1ccc2c(c1)CCN2C(=O)c1cc2c([nH]c1=O)CCC2. The third-order valence-corrected chi connectivity index (χ3v) is 7.10. The van der Waals surface area contributed by atoms with Gasteiger partial charge in [0.25, 0.3) is 11.5 Å². The molecule has 1 aliphatic carbocycles. The van der Waals surface area contributed by atoms with Gasteiger partial charge in [-0.05, 0) is 61.1 Å². The zero-order valence-electron chi connectivity index (χ0n) is 15.3. The van der Waals surface area contributed by atoms with E-state index in [1.165, 1.54) is 20.2 Å². The summed E-state index contributed by atoms with van der Waals surface area (Å²) in [5, 5.41) is 0. The minimum atomic E-state index is -3.53. The van der Waals surface area contributed by atoms with Crippen LogP contribution in [-0.4, -0.2) is 44.3 Å². The number of H-pyrrole nitrogens is 1. The van der Waals surface area contributed by atoms with E-state index >= 15 is 0 Å². The normalized spacial score (nSPS) is 15.9. The van der Waals surface area contributed by atoms with Crippen LogP contribution in [0.1, 0.15) is 33.6 Å². The van der Waals surface area contributed by atoms with Gasteiger partial charge in [0, 0.05) is 32.0 Å². The summed E-state index contributed by atoms with van der Waals surface area (Å²) in [5.74, 6) is -0.340. The molecule has 2 aromatic rings. The third-order valence-electron chi connectivity index (χ3n) is 5.29. The lowest BCUT2D eigenvalue weighted by molar-refractivity contribution is 0.0988. The number of hydrogen-bond donors (Lipinski definition) is 1. The summed E-state index contributed by atoms with van der Waals surface area (Å²) in [7, 11) is -0.558. The summed E-state index contributed by atoms with van der Waals surface area (Å²) in [4.78, 5) is 30.0. The number of anilines is 1. The van der Waals surface area contributed by atoms with Gasteiger partial charge in [-0.1, -0.05) is 0 Å². The maximum Gasteiger partial charge on any atom is 0.263 e. The highest BCUT2D eigenvalue weighted by atomic mass is 32.2. The predicted octanol–water partition coefficient (Wildman–Crippen LogP) is 1.32. The van der Waals surface area contributed by atoms with Crippen LogP contribution in [0.25, 0.3) is 0 Å². The second kappa shape index (κ2) is 6.31. The molecule has 0 bridgehead atoms. The molecule has 0 spiro atoms. The fraction of sp³-hybridized carbons (Fsp3) is 0.368. The van der Waals surface area contributed by atoms with Crippen LogP contribution in [0.4, 0.5) is 5.69 Å². The van der Waals surface area contributed by atoms with Gasteiger partial charge in [0.2, 0.25) is 10.0 Å². The van der Waals surface area contributed by atoms with Gasteiger partial charge in [0.1, 0.15) is 5.56 Å². The standard InChI is InChI=1S/C19H21N3O4S/c1-21(2)27(25,26)14-6-7-17-13(10-14)8-9-22(17)19(24)15-11-12-4-3-5-16(12)20-18(15)23/h6-7,10-11H,3-5,8-9H2,1-2H3,(H,20,23). The monoisotopic (exact) mass is 387 g/mol. The first-order valence-electron chi connectivity index (χ1n) is 8.91. The van der Waals surface area contributed by atoms with Gasteiger partial charge in [0.15, 0.2) is 0 Å². The fourth-order valence-corrected chi connectivity index (χ4v) is 4.73. The van der Waals surface area contributed by atoms with Crippen LogP contribution in [0.5, 0.6) is 0 Å². The quantitative estimate of drug-likeness (QED) is 0.860. The molecule has 1 N–H and O–H groups in total. The van der Waals surface area contributed by atoms with Gasteiger partial charge in [-0.3, -0.25) is 9.59 Å². The van der Waals surface area contributed by atoms with Crippen LogP contribution in [0, 0.1) is 0 Å². The Kier molecular flexibility index (Phi) is 4.20. The van der Waals surface area contributed by atoms with Gasteiger partial charge in [-0.2, -0.15) is 0 Å². The van der Waals surface area contributed by atoms with Crippen molar-refractivity contribution in [1.29, 1.82) is 0 Å². The van der Waals surface area contributed by atoms with E-state index in [-0.39, 0.29) is 21.9 Å². The Hall–Kier alpha value is -2.45. The first kappa shape index (κ1) is 17.9. The Bertz CT molecular complexity index is 1100. The Morgan fingerprint density at radius 3 is 2.63 bits per heavy atom. The van der Waals surface area contributed by atoms with Crippen molar-refractivity contribution in [2.75, 3.05) is 25.5 Å². The predicted molar refractivity (Wildman–Crippen MR) is 102 cm³/mol. The van der Waals surface area contributed by atoms with Crippen molar-refractivity contribution in [1.82, 2.24) is 9.29 Å². The number of aromatic nitrogens is 1. The Balaban J connectivity index is 1.69. The molecule has 0 saturated heterocycles. The summed E-state index contributed by atoms with van der Waals surface area (Å²) in [5.41, 5.74) is 3.21. The molecule has 27 heavy (non-hydrogen) atoms. The molecule has 0 radical (unpaired) electrons. The van der Waals surface area contributed by atoms with Crippen LogP contribution < -0.4 is 10.5 Å². The van der Waals surface area contributed by atoms with E-state index in [4.69, 9.17) is 0 Å². The Morgan fingerprint density at radius 1 is 1.11 bits per heavy atom. The van der Waals surface area contributed by atoms with Crippen LogP contribution in [-0.2, 0) is 29.3 Å². The lowest BCUT2D eigenvalue weighted by Gasteiger charge is -2.18. The Morgan fingerprint density at radius 2 is 1.89 bits per heavy atom. The molecule has 7 nitrogen and oxygen atoms in total. The number of sulfonamides is 1. The van der Waals surface area contributed by atoms with Crippen LogP contribution in [0.2, 0.25) is 0 Å². The van der Waals surface area contributed by atoms with Crippen LogP contribution in [0.3, 0.4) is 0 Å². The van der Waals surface area contributed by atoms with E-state index in [0.29, 0.717) is 18.7 Å². The zero-order chi connectivity index (χ0) is 19.3. The van der Waals surface area contributed by atoms with E-state index in [9.17, 15) is 18.0 Å². The number of aromatic amines is 1. The number of amides is 1. The van der Waals surface area contributed by atoms with E-state index in [2.05, 4.69) is 4.98 Å². The van der Waals surface area contributed by atoms with Crippen LogP contribution >= 0.6 is 0 Å². The highest BCUT2D eigenvalue weighted by Gasteiger charge is 2.30. The average molecular weight is 387 g/mol. The number of hydrogen-bond acceptors (Lipinski definition) is 4. The largest absolute Gasteiger partial charge is 0.325 e. The van der Waals surface area contributed by atoms with Gasteiger partial charge in [0.05, 0.1) is 4.90 Å². The molecule has 142 valence electrons. The minimum absolute atomic E-state index is 0.147. The highest BCUT2D eigenvalue weighted by molar-refractivity contribution is 7.89. The number of benzene rings is 1. The molecule has 0 fully saturated rings. The molecular formula is C19H21N3O4S. The Labute approximate surface area is 157 Å². The van der Waals surface area contributed by atoms with Crippen molar-refractivity contribution in [3.63, 3.8) is 0 Å². The lowest BCUT2D eigenvalue weighted by atomic mass is 10.1. The summed E-state index contributed by atoms with van der Waals surface area (Å²) < 4.78 is 25.8. The minimum Gasteiger partial charge on any atom is -0.325 e. The molecule has 0 unspecified atom stereocenters. The molecule has 1 aromatic heterocycles. The number of carbonyl (C=O) groups is 1. The van der Waals surface area contributed by atoms with Crippen LogP contribution in [0.15, 0.2) is 34.0 Å². The van der Waals surface area contributed by atoms with Gasteiger partial charge < -0.3 is 9.88 Å². The summed E-state index contributed by atoms with van der Waals surface area (Å²) in [6.45, 7) is 0.427. The van der Waals surface area contributed by atoms with E-state index < -0.39 is 10.0 Å². The molecule has 0 atom stereocenters. The molecule has 1 aliphatic heterocycles. The van der Waals surface area contributed by atoms with Crippen molar-refractivity contribution >= 4 is 21.6 Å². The topological polar surface area (TPSA) is 90.6 Å². The first-order chi connectivity index (χ1) is 12.8. The maximum absolute atomic E-state index is 13.0. The third kappa shape index (κ3) is 2.89. The molecule has 4 rings (SSSR count). The van der Waals surface area contributed by atoms with E-state index in [0.717, 1.165) is 40.4 Å². The average Bonchev–Trinajstić information content (AvgIpc) is 3.25. The lowest BCUT2D eigenvalue weighted by Crippen LogP contribution is -2.34. The van der Waals surface area contributed by atoms with Gasteiger partial charge >= 0.3 is 0 Å². The van der Waals surface area contributed by atoms with E-state index in [1.54, 1.807) is 23.1 Å². The number of nitrogens with zero attached hydrogens (tertiary/aromatic N) is 2. The second-order valence-corrected chi connectivity index (χ2v) is 9.31.